The second kappa shape index (κ2) is 8.76. The van der Waals surface area contributed by atoms with E-state index >= 15 is 0 Å². The van der Waals surface area contributed by atoms with Crippen molar-refractivity contribution in [3.8, 4) is 0 Å². The number of hydrogen-bond donors (Lipinski definition) is 1. The van der Waals surface area contributed by atoms with Gasteiger partial charge in [-0.3, -0.25) is 19.8 Å². The summed E-state index contributed by atoms with van der Waals surface area (Å²) >= 11 is 12.0. The summed E-state index contributed by atoms with van der Waals surface area (Å²) in [5, 5.41) is 3.16. The summed E-state index contributed by atoms with van der Waals surface area (Å²) in [4.78, 5) is 29.7. The smallest absolute Gasteiger partial charge is 0.270 e. The van der Waals surface area contributed by atoms with E-state index in [1.807, 2.05) is 30.3 Å². The minimum atomic E-state index is -0.535. The number of rotatable bonds is 4. The van der Waals surface area contributed by atoms with Crippen LogP contribution in [0.4, 0.5) is 11.4 Å². The van der Waals surface area contributed by atoms with E-state index in [-0.39, 0.29) is 16.2 Å². The zero-order valence-corrected chi connectivity index (χ0v) is 20.7. The van der Waals surface area contributed by atoms with Crippen LogP contribution in [0.15, 0.2) is 54.1 Å². The molecule has 0 radical (unpaired) electrons. The lowest BCUT2D eigenvalue weighted by Crippen LogP contribution is -2.54. The number of fused-ring (bicyclic) bond motifs is 1. The predicted octanol–water partition coefficient (Wildman–Crippen LogP) is 5.58. The first kappa shape index (κ1) is 23.2. The molecule has 170 valence electrons. The molecule has 2 heterocycles. The Morgan fingerprint density at radius 2 is 1.85 bits per heavy atom. The molecule has 0 aromatic heterocycles. The van der Waals surface area contributed by atoms with Gasteiger partial charge in [0.05, 0.1) is 11.2 Å². The number of hydrogen-bond acceptors (Lipinski definition) is 4. The van der Waals surface area contributed by atoms with Gasteiger partial charge in [0.15, 0.2) is 5.11 Å². The summed E-state index contributed by atoms with van der Waals surface area (Å²) in [6.45, 7) is 9.49. The number of amides is 2. The highest BCUT2D eigenvalue weighted by Gasteiger charge is 2.35. The van der Waals surface area contributed by atoms with Crippen molar-refractivity contribution in [3.63, 3.8) is 0 Å². The molecule has 0 unspecified atom stereocenters. The van der Waals surface area contributed by atoms with Crippen molar-refractivity contribution in [1.29, 1.82) is 0 Å². The number of thiocarbonyl (C=S) groups is 1. The van der Waals surface area contributed by atoms with Gasteiger partial charge < -0.3 is 4.90 Å². The maximum Gasteiger partial charge on any atom is 0.270 e. The normalized spacial score (nSPS) is 18.9. The Bertz CT molecular complexity index is 1220. The molecule has 1 saturated heterocycles. The second-order valence-corrected chi connectivity index (χ2v) is 9.61. The fraction of sp³-hybridized carbons (Fsp3) is 0.269. The first-order valence-corrected chi connectivity index (χ1v) is 11.7. The Hall–Kier alpha value is -2.96. The molecule has 0 bridgehead atoms. The fourth-order valence-corrected chi connectivity index (χ4v) is 4.98. The van der Waals surface area contributed by atoms with Gasteiger partial charge in [-0.25, -0.2) is 0 Å². The zero-order chi connectivity index (χ0) is 23.9. The number of para-hydroxylation sites is 1. The molecule has 0 aliphatic carbocycles. The maximum atomic E-state index is 13.3. The van der Waals surface area contributed by atoms with Crippen LogP contribution in [-0.4, -0.2) is 29.0 Å². The van der Waals surface area contributed by atoms with E-state index in [1.165, 1.54) is 4.90 Å². The van der Waals surface area contributed by atoms with E-state index in [0.717, 1.165) is 29.8 Å². The molecule has 33 heavy (non-hydrogen) atoms. The van der Waals surface area contributed by atoms with Crippen LogP contribution in [0.3, 0.4) is 0 Å². The van der Waals surface area contributed by atoms with Crippen molar-refractivity contribution < 1.29 is 9.59 Å². The maximum absolute atomic E-state index is 13.3. The molecule has 0 saturated carbocycles. The van der Waals surface area contributed by atoms with Gasteiger partial charge in [0, 0.05) is 22.8 Å². The Morgan fingerprint density at radius 1 is 1.15 bits per heavy atom. The Labute approximate surface area is 204 Å². The van der Waals surface area contributed by atoms with Crippen LogP contribution in [-0.2, 0) is 9.59 Å². The molecule has 0 atom stereocenters. The van der Waals surface area contributed by atoms with Crippen LogP contribution < -0.4 is 15.1 Å². The van der Waals surface area contributed by atoms with Gasteiger partial charge in [0.1, 0.15) is 5.57 Å². The van der Waals surface area contributed by atoms with E-state index in [0.29, 0.717) is 16.3 Å². The summed E-state index contributed by atoms with van der Waals surface area (Å²) in [6, 6.07) is 12.9. The highest BCUT2D eigenvalue weighted by Crippen LogP contribution is 2.42. The Kier molecular flexibility index (Phi) is 6.16. The van der Waals surface area contributed by atoms with Crippen molar-refractivity contribution in [1.82, 2.24) is 5.32 Å². The largest absolute Gasteiger partial charge is 0.362 e. The van der Waals surface area contributed by atoms with Crippen molar-refractivity contribution in [2.75, 3.05) is 16.3 Å². The molecule has 2 aliphatic rings. The Balaban J connectivity index is 1.79. The summed E-state index contributed by atoms with van der Waals surface area (Å²) in [6.07, 6.45) is 4.79. The third kappa shape index (κ3) is 4.21. The lowest BCUT2D eigenvalue weighted by molar-refractivity contribution is -0.122. The van der Waals surface area contributed by atoms with Crippen LogP contribution in [0.25, 0.3) is 11.6 Å². The molecule has 4 rings (SSSR count). The third-order valence-corrected chi connectivity index (χ3v) is 6.57. The van der Waals surface area contributed by atoms with Gasteiger partial charge in [-0.2, -0.15) is 0 Å². The average molecular weight is 480 g/mol. The summed E-state index contributed by atoms with van der Waals surface area (Å²) in [5.74, 6) is -1.02. The van der Waals surface area contributed by atoms with Crippen LogP contribution >= 0.6 is 23.8 Å². The number of carbonyl (C=O) groups is 2. The molecular formula is C26H26ClN3O2S. The summed E-state index contributed by atoms with van der Waals surface area (Å²) in [5.41, 5.74) is 4.27. The topological polar surface area (TPSA) is 52.7 Å². The fourth-order valence-electron chi connectivity index (χ4n) is 4.48. The molecule has 1 fully saturated rings. The number of anilines is 2. The molecular weight excluding hydrogens is 454 g/mol. The summed E-state index contributed by atoms with van der Waals surface area (Å²) in [7, 11) is 0. The molecule has 7 heteroatoms. The van der Waals surface area contributed by atoms with E-state index in [9.17, 15) is 9.59 Å². The highest BCUT2D eigenvalue weighted by atomic mass is 35.5. The predicted molar refractivity (Wildman–Crippen MR) is 139 cm³/mol. The zero-order valence-electron chi connectivity index (χ0n) is 19.1. The van der Waals surface area contributed by atoms with Gasteiger partial charge in [0.2, 0.25) is 0 Å². The molecule has 1 N–H and O–H groups in total. The van der Waals surface area contributed by atoms with Crippen molar-refractivity contribution in [2.45, 2.75) is 39.7 Å². The monoisotopic (exact) mass is 479 g/mol. The third-order valence-electron chi connectivity index (χ3n) is 5.96. The number of nitrogens with one attached hydrogen (secondary N) is 1. The van der Waals surface area contributed by atoms with E-state index < -0.39 is 11.8 Å². The van der Waals surface area contributed by atoms with Crippen LogP contribution in [0, 0.1) is 0 Å². The van der Waals surface area contributed by atoms with Gasteiger partial charge in [-0.1, -0.05) is 42.8 Å². The molecule has 5 nitrogen and oxygen atoms in total. The number of carbonyl (C=O) groups excluding carboxylic acids is 2. The van der Waals surface area contributed by atoms with Crippen LogP contribution in [0.2, 0.25) is 5.02 Å². The molecule has 0 spiro atoms. The lowest BCUT2D eigenvalue weighted by atomic mass is 9.87. The van der Waals surface area contributed by atoms with E-state index in [1.54, 1.807) is 18.2 Å². The van der Waals surface area contributed by atoms with E-state index in [2.05, 4.69) is 44.0 Å². The van der Waals surface area contributed by atoms with Crippen LogP contribution in [0.1, 0.15) is 45.2 Å². The molecule has 2 amide bonds. The first-order chi connectivity index (χ1) is 15.6. The first-order valence-electron chi connectivity index (χ1n) is 10.9. The SMILES string of the molecule is CCCN1c2cc(Cl)c(/C=C3/C(=O)NC(=S)N(c4ccccc4)C3=O)cc2C(C)=CC1(C)C. The molecule has 2 aromatic rings. The van der Waals surface area contributed by atoms with Gasteiger partial charge >= 0.3 is 0 Å². The Morgan fingerprint density at radius 3 is 2.52 bits per heavy atom. The minimum Gasteiger partial charge on any atom is -0.362 e. The lowest BCUT2D eigenvalue weighted by Gasteiger charge is -2.43. The highest BCUT2D eigenvalue weighted by molar-refractivity contribution is 7.80. The standard InChI is InChI=1S/C26H26ClN3O2S/c1-5-11-29-22-14-21(27)17(12-19(22)16(2)15-26(29,3)4)13-20-23(31)28-25(33)30(24(20)32)18-9-7-6-8-10-18/h6-10,12-15H,5,11H2,1-4H3,(H,28,31,33)/b20-13-. The molecule has 2 aliphatic heterocycles. The summed E-state index contributed by atoms with van der Waals surface area (Å²) < 4.78 is 0. The number of nitrogens with zero attached hydrogens (tertiary/aromatic N) is 2. The number of halogens is 1. The quantitative estimate of drug-likeness (QED) is 0.353. The van der Waals surface area contributed by atoms with Crippen molar-refractivity contribution in [3.05, 3.63) is 70.3 Å². The van der Waals surface area contributed by atoms with E-state index in [4.69, 9.17) is 23.8 Å². The second-order valence-electron chi connectivity index (χ2n) is 8.82. The average Bonchev–Trinajstić information content (AvgIpc) is 2.75. The van der Waals surface area contributed by atoms with Gasteiger partial charge in [-0.05, 0) is 80.9 Å². The van der Waals surface area contributed by atoms with Gasteiger partial charge in [-0.15, -0.1) is 0 Å². The van der Waals surface area contributed by atoms with Crippen molar-refractivity contribution in [2.24, 2.45) is 0 Å². The van der Waals surface area contributed by atoms with Crippen LogP contribution in [0.5, 0.6) is 0 Å². The van der Waals surface area contributed by atoms with Crippen molar-refractivity contribution >= 4 is 63.8 Å². The molecule has 2 aromatic carbocycles. The minimum absolute atomic E-state index is 0.0162. The van der Waals surface area contributed by atoms with Gasteiger partial charge in [0.25, 0.3) is 11.8 Å². The number of benzene rings is 2. The number of allylic oxidation sites excluding steroid dienone is 1.